The van der Waals surface area contributed by atoms with Crippen LogP contribution in [0.5, 0.6) is 5.75 Å². The number of phenols is 1. The first-order valence-electron chi connectivity index (χ1n) is 5.22. The summed E-state index contributed by atoms with van der Waals surface area (Å²) < 4.78 is 4.96. The molecule has 1 amide bonds. The highest BCUT2D eigenvalue weighted by Gasteiger charge is 2.16. The lowest BCUT2D eigenvalue weighted by molar-refractivity contribution is 0.102. The lowest BCUT2D eigenvalue weighted by Crippen LogP contribution is -2.12. The highest BCUT2D eigenvalue weighted by atomic mass is 35.5. The zero-order chi connectivity index (χ0) is 13.3. The van der Waals surface area contributed by atoms with Crippen molar-refractivity contribution in [2.24, 2.45) is 0 Å². The van der Waals surface area contributed by atoms with Gasteiger partial charge in [-0.1, -0.05) is 16.8 Å². The van der Waals surface area contributed by atoms with Gasteiger partial charge in [-0.15, -0.1) is 0 Å². The van der Waals surface area contributed by atoms with Gasteiger partial charge in [0, 0.05) is 10.6 Å². The molecule has 1 aromatic heterocycles. The molecule has 2 aromatic rings. The van der Waals surface area contributed by atoms with Crippen LogP contribution >= 0.6 is 11.6 Å². The minimum Gasteiger partial charge on any atom is -0.507 e. The summed E-state index contributed by atoms with van der Waals surface area (Å²) in [4.78, 5) is 11.9. The highest BCUT2D eigenvalue weighted by Crippen LogP contribution is 2.24. The van der Waals surface area contributed by atoms with Crippen LogP contribution in [-0.4, -0.2) is 16.2 Å². The summed E-state index contributed by atoms with van der Waals surface area (Å²) >= 11 is 5.69. The third-order valence-electron chi connectivity index (χ3n) is 2.59. The molecule has 0 bridgehead atoms. The van der Waals surface area contributed by atoms with Crippen molar-refractivity contribution in [3.63, 3.8) is 0 Å². The quantitative estimate of drug-likeness (QED) is 0.876. The number of aromatic hydroxyl groups is 1. The van der Waals surface area contributed by atoms with Crippen molar-refractivity contribution < 1.29 is 14.4 Å². The Hall–Kier alpha value is -2.01. The van der Waals surface area contributed by atoms with Gasteiger partial charge < -0.3 is 9.63 Å². The van der Waals surface area contributed by atoms with Gasteiger partial charge >= 0.3 is 0 Å². The van der Waals surface area contributed by atoms with Gasteiger partial charge in [-0.2, -0.15) is 0 Å². The second-order valence-electron chi connectivity index (χ2n) is 3.84. The SMILES string of the molecule is Cc1noc(NC(=O)c2ccc(Cl)cc2O)c1C. The molecule has 18 heavy (non-hydrogen) atoms. The van der Waals surface area contributed by atoms with E-state index in [0.717, 1.165) is 5.56 Å². The van der Waals surface area contributed by atoms with Crippen LogP contribution in [0, 0.1) is 13.8 Å². The van der Waals surface area contributed by atoms with Crippen LogP contribution in [0.1, 0.15) is 21.6 Å². The van der Waals surface area contributed by atoms with Crippen LogP contribution in [-0.2, 0) is 0 Å². The van der Waals surface area contributed by atoms with Crippen molar-refractivity contribution in [1.29, 1.82) is 0 Å². The molecule has 94 valence electrons. The van der Waals surface area contributed by atoms with Crippen LogP contribution in [0.15, 0.2) is 22.7 Å². The van der Waals surface area contributed by atoms with E-state index in [1.807, 2.05) is 0 Å². The average molecular weight is 267 g/mol. The van der Waals surface area contributed by atoms with Crippen molar-refractivity contribution in [2.45, 2.75) is 13.8 Å². The molecule has 2 rings (SSSR count). The molecule has 1 heterocycles. The summed E-state index contributed by atoms with van der Waals surface area (Å²) in [6, 6.07) is 4.26. The number of benzene rings is 1. The zero-order valence-corrected chi connectivity index (χ0v) is 10.6. The van der Waals surface area contributed by atoms with E-state index in [-0.39, 0.29) is 17.2 Å². The van der Waals surface area contributed by atoms with Crippen LogP contribution < -0.4 is 5.32 Å². The molecule has 0 spiro atoms. The Morgan fingerprint density at radius 3 is 2.72 bits per heavy atom. The molecule has 0 aliphatic carbocycles. The molecule has 0 radical (unpaired) electrons. The number of aryl methyl sites for hydroxylation is 1. The van der Waals surface area contributed by atoms with Crippen molar-refractivity contribution in [3.05, 3.63) is 40.0 Å². The zero-order valence-electron chi connectivity index (χ0n) is 9.82. The molecule has 0 aliphatic rings. The maximum absolute atomic E-state index is 11.9. The van der Waals surface area contributed by atoms with E-state index in [2.05, 4.69) is 10.5 Å². The fourth-order valence-electron chi connectivity index (χ4n) is 1.40. The topological polar surface area (TPSA) is 75.4 Å². The Kier molecular flexibility index (Phi) is 3.25. The number of anilines is 1. The Morgan fingerprint density at radius 1 is 1.44 bits per heavy atom. The second kappa shape index (κ2) is 4.70. The lowest BCUT2D eigenvalue weighted by atomic mass is 10.2. The number of aromatic nitrogens is 1. The minimum atomic E-state index is -0.483. The standard InChI is InChI=1S/C12H11ClN2O3/c1-6-7(2)15-18-12(6)14-11(17)9-4-3-8(13)5-10(9)16/h3-5,16H,1-2H3,(H,14,17). The summed E-state index contributed by atoms with van der Waals surface area (Å²) in [5, 5.41) is 16.2. The van der Waals surface area contributed by atoms with Gasteiger partial charge in [-0.3, -0.25) is 10.1 Å². The highest BCUT2D eigenvalue weighted by molar-refractivity contribution is 6.30. The molecule has 0 aliphatic heterocycles. The third-order valence-corrected chi connectivity index (χ3v) is 2.82. The van der Waals surface area contributed by atoms with Crippen LogP contribution in [0.3, 0.4) is 0 Å². The van der Waals surface area contributed by atoms with E-state index in [0.29, 0.717) is 10.7 Å². The monoisotopic (exact) mass is 266 g/mol. The summed E-state index contributed by atoms with van der Waals surface area (Å²) in [5.41, 5.74) is 1.57. The van der Waals surface area contributed by atoms with Crippen molar-refractivity contribution >= 4 is 23.4 Å². The molecule has 0 saturated heterocycles. The smallest absolute Gasteiger partial charge is 0.261 e. The van der Waals surface area contributed by atoms with Crippen LogP contribution in [0.2, 0.25) is 5.02 Å². The molecule has 1 aromatic carbocycles. The van der Waals surface area contributed by atoms with E-state index in [9.17, 15) is 9.90 Å². The van der Waals surface area contributed by atoms with E-state index >= 15 is 0 Å². The fraction of sp³-hybridized carbons (Fsp3) is 0.167. The van der Waals surface area contributed by atoms with Crippen molar-refractivity contribution in [3.8, 4) is 5.75 Å². The Balaban J connectivity index is 2.25. The molecule has 0 unspecified atom stereocenters. The molecule has 0 saturated carbocycles. The van der Waals surface area contributed by atoms with E-state index < -0.39 is 5.91 Å². The third kappa shape index (κ3) is 2.31. The van der Waals surface area contributed by atoms with Gasteiger partial charge in [0.25, 0.3) is 5.91 Å². The van der Waals surface area contributed by atoms with Gasteiger partial charge in [0.2, 0.25) is 5.88 Å². The number of carbonyl (C=O) groups is 1. The number of carbonyl (C=O) groups excluding carboxylic acids is 1. The van der Waals surface area contributed by atoms with Gasteiger partial charge in [0.05, 0.1) is 11.3 Å². The number of phenolic OH excluding ortho intramolecular Hbond substituents is 1. The molecular weight excluding hydrogens is 256 g/mol. The summed E-state index contributed by atoms with van der Waals surface area (Å²) in [6.45, 7) is 3.55. The number of rotatable bonds is 2. The molecule has 2 N–H and O–H groups in total. The molecule has 6 heteroatoms. The van der Waals surface area contributed by atoms with Gasteiger partial charge in [0.1, 0.15) is 5.75 Å². The first-order chi connectivity index (χ1) is 8.49. The minimum absolute atomic E-state index is 0.118. The number of amides is 1. The molecule has 0 atom stereocenters. The predicted molar refractivity (Wildman–Crippen MR) is 67.0 cm³/mol. The first-order valence-corrected chi connectivity index (χ1v) is 5.59. The Morgan fingerprint density at radius 2 is 2.17 bits per heavy atom. The van der Waals surface area contributed by atoms with E-state index in [4.69, 9.17) is 16.1 Å². The second-order valence-corrected chi connectivity index (χ2v) is 4.27. The molecule has 5 nitrogen and oxygen atoms in total. The number of hydrogen-bond donors (Lipinski definition) is 2. The lowest BCUT2D eigenvalue weighted by Gasteiger charge is -2.04. The Bertz CT molecular complexity index is 607. The maximum atomic E-state index is 11.9. The maximum Gasteiger partial charge on any atom is 0.261 e. The van der Waals surface area contributed by atoms with E-state index in [1.54, 1.807) is 13.8 Å². The normalized spacial score (nSPS) is 10.4. The predicted octanol–water partition coefficient (Wildman–Crippen LogP) is 2.90. The van der Waals surface area contributed by atoms with Gasteiger partial charge in [-0.25, -0.2) is 0 Å². The van der Waals surface area contributed by atoms with Crippen molar-refractivity contribution in [1.82, 2.24) is 5.16 Å². The van der Waals surface area contributed by atoms with Crippen LogP contribution in [0.4, 0.5) is 5.88 Å². The number of nitrogens with one attached hydrogen (secondary N) is 1. The number of nitrogens with zero attached hydrogens (tertiary/aromatic N) is 1. The molecular formula is C12H11ClN2O3. The number of halogens is 1. The number of hydrogen-bond acceptors (Lipinski definition) is 4. The molecule has 0 fully saturated rings. The summed E-state index contributed by atoms with van der Waals surface area (Å²) in [6.07, 6.45) is 0. The van der Waals surface area contributed by atoms with Gasteiger partial charge in [-0.05, 0) is 32.0 Å². The summed E-state index contributed by atoms with van der Waals surface area (Å²) in [7, 11) is 0. The Labute approximate surface area is 108 Å². The largest absolute Gasteiger partial charge is 0.507 e. The van der Waals surface area contributed by atoms with Crippen LogP contribution in [0.25, 0.3) is 0 Å². The average Bonchev–Trinajstić information content (AvgIpc) is 2.61. The van der Waals surface area contributed by atoms with Gasteiger partial charge in [0.15, 0.2) is 0 Å². The fourth-order valence-corrected chi connectivity index (χ4v) is 1.57. The summed E-state index contributed by atoms with van der Waals surface area (Å²) in [5.74, 6) is -0.399. The van der Waals surface area contributed by atoms with Crippen molar-refractivity contribution in [2.75, 3.05) is 5.32 Å². The van der Waals surface area contributed by atoms with E-state index in [1.165, 1.54) is 18.2 Å². The first kappa shape index (κ1) is 12.4.